The molecule has 2 rings (SSSR count). The zero-order chi connectivity index (χ0) is 18.3. The first-order chi connectivity index (χ1) is 10.9. The van der Waals surface area contributed by atoms with Crippen molar-refractivity contribution in [2.24, 2.45) is 0 Å². The average Bonchev–Trinajstić information content (AvgIpc) is 2.63. The largest absolute Gasteiger partial charge is 0.495 e. The third-order valence-electron chi connectivity index (χ3n) is 4.23. The molecule has 1 heterocycles. The van der Waals surface area contributed by atoms with Gasteiger partial charge in [0.15, 0.2) is 6.79 Å². The molecule has 0 amide bonds. The van der Waals surface area contributed by atoms with Crippen LogP contribution in [0.1, 0.15) is 33.3 Å². The molecule has 0 unspecified atom stereocenters. The number of hydrogen-bond acceptors (Lipinski definition) is 4. The van der Waals surface area contributed by atoms with Gasteiger partial charge in [-0.1, -0.05) is 11.6 Å². The van der Waals surface area contributed by atoms with Gasteiger partial charge in [0.25, 0.3) is 0 Å². The van der Waals surface area contributed by atoms with Crippen molar-refractivity contribution < 1.29 is 32.0 Å². The smallest absolute Gasteiger partial charge is 0.468 e. The second-order valence-corrected chi connectivity index (χ2v) is 6.91. The van der Waals surface area contributed by atoms with Gasteiger partial charge in [0.05, 0.1) is 21.8 Å². The summed E-state index contributed by atoms with van der Waals surface area (Å²) < 4.78 is 61.9. The van der Waals surface area contributed by atoms with Crippen LogP contribution in [0.15, 0.2) is 12.1 Å². The van der Waals surface area contributed by atoms with Gasteiger partial charge in [-0.15, -0.1) is 0 Å². The molecule has 0 aliphatic carbocycles. The maximum atomic E-state index is 13.5. The Morgan fingerprint density at radius 3 is 2.12 bits per heavy atom. The van der Waals surface area contributed by atoms with E-state index in [0.717, 1.165) is 6.07 Å². The zero-order valence-electron chi connectivity index (χ0n) is 14.1. The van der Waals surface area contributed by atoms with Crippen LogP contribution < -0.4 is 10.2 Å². The fraction of sp³-hybridized carbons (Fsp3) is 0.600. The fourth-order valence-corrected chi connectivity index (χ4v) is 2.59. The van der Waals surface area contributed by atoms with Crippen LogP contribution in [0.2, 0.25) is 5.02 Å². The molecule has 24 heavy (non-hydrogen) atoms. The van der Waals surface area contributed by atoms with Crippen LogP contribution in [0.5, 0.6) is 5.75 Å². The number of methoxy groups -OCH3 is 1. The van der Waals surface area contributed by atoms with Crippen LogP contribution in [0.3, 0.4) is 0 Å². The molecular weight excluding hydrogens is 347 g/mol. The Balaban J connectivity index is 2.52. The second kappa shape index (κ2) is 6.40. The predicted molar refractivity (Wildman–Crippen MR) is 84.7 cm³/mol. The highest BCUT2D eigenvalue weighted by Gasteiger charge is 2.54. The number of rotatable bonds is 4. The second-order valence-electron chi connectivity index (χ2n) is 6.51. The normalized spacial score (nSPS) is 19.6. The van der Waals surface area contributed by atoms with Crippen LogP contribution >= 0.6 is 11.6 Å². The summed E-state index contributed by atoms with van der Waals surface area (Å²) in [5.41, 5.74) is -2.78. The Bertz CT molecular complexity index is 603. The summed E-state index contributed by atoms with van der Waals surface area (Å²) in [7, 11) is 0.191. The van der Waals surface area contributed by atoms with Crippen molar-refractivity contribution >= 4 is 24.2 Å². The third kappa shape index (κ3) is 3.66. The van der Waals surface area contributed by atoms with E-state index in [1.54, 1.807) is 27.7 Å². The summed E-state index contributed by atoms with van der Waals surface area (Å²) in [6.07, 6.45) is -4.66. The standard InChI is InChI=1S/C15H19BClF3O4/c1-13(2)14(3,4)24-16(23-13)10-6-9(22-8-21-5)7-11(17)12(10)15(18,19)20/h6-7H,8H2,1-5H3. The summed E-state index contributed by atoms with van der Waals surface area (Å²) in [4.78, 5) is 0. The quantitative estimate of drug-likeness (QED) is 0.602. The number of benzene rings is 1. The lowest BCUT2D eigenvalue weighted by molar-refractivity contribution is -0.136. The first-order valence-electron chi connectivity index (χ1n) is 7.27. The maximum Gasteiger partial charge on any atom is 0.495 e. The number of halogens is 4. The summed E-state index contributed by atoms with van der Waals surface area (Å²) in [6, 6.07) is 2.31. The minimum Gasteiger partial charge on any atom is -0.468 e. The van der Waals surface area contributed by atoms with Gasteiger partial charge in [-0.25, -0.2) is 0 Å². The number of alkyl halides is 3. The van der Waals surface area contributed by atoms with Crippen molar-refractivity contribution in [3.63, 3.8) is 0 Å². The van der Waals surface area contributed by atoms with Crippen molar-refractivity contribution in [3.8, 4) is 5.75 Å². The van der Waals surface area contributed by atoms with Crippen molar-refractivity contribution in [2.45, 2.75) is 45.1 Å². The summed E-state index contributed by atoms with van der Waals surface area (Å²) >= 11 is 5.87. The third-order valence-corrected chi connectivity index (χ3v) is 4.53. The Kier molecular flexibility index (Phi) is 5.17. The van der Waals surface area contributed by atoms with Crippen molar-refractivity contribution in [1.29, 1.82) is 0 Å². The molecule has 0 aromatic heterocycles. The van der Waals surface area contributed by atoms with Crippen molar-refractivity contribution in [2.75, 3.05) is 13.9 Å². The molecule has 1 aliphatic rings. The zero-order valence-corrected chi connectivity index (χ0v) is 14.8. The molecule has 134 valence electrons. The average molecular weight is 367 g/mol. The number of ether oxygens (including phenoxy) is 2. The van der Waals surface area contributed by atoms with E-state index in [1.165, 1.54) is 13.2 Å². The molecule has 0 N–H and O–H groups in total. The molecule has 0 radical (unpaired) electrons. The van der Waals surface area contributed by atoms with Gasteiger partial charge in [0.2, 0.25) is 0 Å². The van der Waals surface area contributed by atoms with E-state index in [0.29, 0.717) is 0 Å². The molecule has 9 heteroatoms. The van der Waals surface area contributed by atoms with E-state index in [-0.39, 0.29) is 18.0 Å². The van der Waals surface area contributed by atoms with Gasteiger partial charge in [-0.2, -0.15) is 13.2 Å². The van der Waals surface area contributed by atoms with Gasteiger partial charge < -0.3 is 18.8 Å². The number of hydrogen-bond donors (Lipinski definition) is 0. The van der Waals surface area contributed by atoms with Gasteiger partial charge in [0, 0.05) is 7.11 Å². The van der Waals surface area contributed by atoms with E-state index >= 15 is 0 Å². The maximum absolute atomic E-state index is 13.5. The molecule has 0 saturated carbocycles. The highest BCUT2D eigenvalue weighted by Crippen LogP contribution is 2.40. The van der Waals surface area contributed by atoms with E-state index in [4.69, 9.17) is 30.4 Å². The molecule has 4 nitrogen and oxygen atoms in total. The van der Waals surface area contributed by atoms with Gasteiger partial charge in [0.1, 0.15) is 5.75 Å². The first-order valence-corrected chi connectivity index (χ1v) is 7.65. The molecule has 1 aromatic carbocycles. The molecule has 0 spiro atoms. The Labute approximate surface area is 144 Å². The van der Waals surface area contributed by atoms with Gasteiger partial charge >= 0.3 is 13.3 Å². The fourth-order valence-electron chi connectivity index (χ4n) is 2.27. The molecular formula is C15H19BClF3O4. The lowest BCUT2D eigenvalue weighted by atomic mass is 9.75. The van der Waals surface area contributed by atoms with E-state index in [9.17, 15) is 13.2 Å². The Morgan fingerprint density at radius 2 is 1.67 bits per heavy atom. The van der Waals surface area contributed by atoms with Crippen LogP contribution in [0.25, 0.3) is 0 Å². The van der Waals surface area contributed by atoms with Crippen LogP contribution in [-0.2, 0) is 20.2 Å². The molecule has 0 atom stereocenters. The van der Waals surface area contributed by atoms with Crippen molar-refractivity contribution in [3.05, 3.63) is 22.7 Å². The highest BCUT2D eigenvalue weighted by atomic mass is 35.5. The minimum atomic E-state index is -4.66. The van der Waals surface area contributed by atoms with Crippen LogP contribution in [-0.4, -0.2) is 32.2 Å². The monoisotopic (exact) mass is 366 g/mol. The topological polar surface area (TPSA) is 36.9 Å². The van der Waals surface area contributed by atoms with Crippen LogP contribution in [0.4, 0.5) is 13.2 Å². The lowest BCUT2D eigenvalue weighted by Gasteiger charge is -2.32. The molecule has 1 aromatic rings. The molecule has 1 fully saturated rings. The predicted octanol–water partition coefficient (Wildman–Crippen LogP) is 3.64. The summed E-state index contributed by atoms with van der Waals surface area (Å²) in [6.45, 7) is 6.91. The molecule has 0 bridgehead atoms. The van der Waals surface area contributed by atoms with Crippen molar-refractivity contribution in [1.82, 2.24) is 0 Å². The SMILES string of the molecule is COCOc1cc(Cl)c(C(F)(F)F)c(B2OC(C)(C)C(C)(C)O2)c1. The minimum absolute atomic E-state index is 0.121. The van der Waals surface area contributed by atoms with E-state index < -0.39 is 35.1 Å². The van der Waals surface area contributed by atoms with Gasteiger partial charge in [-0.3, -0.25) is 0 Å². The molecule has 1 aliphatic heterocycles. The van der Waals surface area contributed by atoms with Gasteiger partial charge in [-0.05, 0) is 45.3 Å². The first kappa shape index (κ1) is 19.4. The van der Waals surface area contributed by atoms with Crippen LogP contribution in [0, 0.1) is 0 Å². The highest BCUT2D eigenvalue weighted by molar-refractivity contribution is 6.63. The van der Waals surface area contributed by atoms with E-state index in [1.807, 2.05) is 0 Å². The summed E-state index contributed by atoms with van der Waals surface area (Å²) in [5, 5.41) is -0.485. The lowest BCUT2D eigenvalue weighted by Crippen LogP contribution is -2.41. The Morgan fingerprint density at radius 1 is 1.12 bits per heavy atom. The summed E-state index contributed by atoms with van der Waals surface area (Å²) in [5.74, 6) is 0.138. The molecule has 1 saturated heterocycles. The van der Waals surface area contributed by atoms with E-state index in [2.05, 4.69) is 0 Å². The Hall–Kier alpha value is -0.955.